The van der Waals surface area contributed by atoms with E-state index < -0.39 is 0 Å². The van der Waals surface area contributed by atoms with Gasteiger partial charge in [0.25, 0.3) is 5.91 Å². The summed E-state index contributed by atoms with van der Waals surface area (Å²) >= 11 is 1.51. The van der Waals surface area contributed by atoms with Crippen LogP contribution in [0.2, 0.25) is 0 Å². The molecule has 8 heteroatoms. The lowest BCUT2D eigenvalue weighted by molar-refractivity contribution is 0.0664. The molecule has 0 spiro atoms. The van der Waals surface area contributed by atoms with E-state index in [0.29, 0.717) is 23.4 Å². The van der Waals surface area contributed by atoms with Gasteiger partial charge in [0.05, 0.1) is 23.8 Å². The SMILES string of the molecule is CN1CCN(C(=O)c2ccc(Cn3c(SCc4ccccc4F)nc4ccncc43)cc2)CC1. The zero-order chi connectivity index (χ0) is 23.5. The van der Waals surface area contributed by atoms with Crippen LogP contribution in [0.1, 0.15) is 21.5 Å². The molecule has 174 valence electrons. The third-order valence-electron chi connectivity index (χ3n) is 6.16. The molecule has 2 aromatic heterocycles. The molecular formula is C26H26FN5OS. The Kier molecular flexibility index (Phi) is 6.60. The van der Waals surface area contributed by atoms with Crippen molar-refractivity contribution in [2.75, 3.05) is 33.2 Å². The Balaban J connectivity index is 1.35. The van der Waals surface area contributed by atoms with Gasteiger partial charge in [0.1, 0.15) is 5.82 Å². The summed E-state index contributed by atoms with van der Waals surface area (Å²) in [5.41, 5.74) is 4.20. The van der Waals surface area contributed by atoms with Crippen LogP contribution in [0.3, 0.4) is 0 Å². The van der Waals surface area contributed by atoms with Gasteiger partial charge in [-0.25, -0.2) is 9.37 Å². The fraction of sp³-hybridized carbons (Fsp3) is 0.269. The summed E-state index contributed by atoms with van der Waals surface area (Å²) in [7, 11) is 2.08. The zero-order valence-corrected chi connectivity index (χ0v) is 19.8. The van der Waals surface area contributed by atoms with E-state index in [9.17, 15) is 9.18 Å². The highest BCUT2D eigenvalue weighted by atomic mass is 32.2. The van der Waals surface area contributed by atoms with Gasteiger partial charge in [-0.05, 0) is 42.4 Å². The molecule has 6 nitrogen and oxygen atoms in total. The van der Waals surface area contributed by atoms with E-state index in [1.807, 2.05) is 41.3 Å². The number of likely N-dealkylation sites (N-methyl/N-ethyl adjacent to an activating group) is 1. The van der Waals surface area contributed by atoms with Crippen molar-refractivity contribution in [3.8, 4) is 0 Å². The van der Waals surface area contributed by atoms with Crippen LogP contribution in [0.5, 0.6) is 0 Å². The van der Waals surface area contributed by atoms with Gasteiger partial charge in [0, 0.05) is 43.7 Å². The molecule has 0 radical (unpaired) electrons. The van der Waals surface area contributed by atoms with Crippen LogP contribution in [-0.2, 0) is 12.3 Å². The molecule has 1 fully saturated rings. The van der Waals surface area contributed by atoms with Crippen LogP contribution < -0.4 is 0 Å². The summed E-state index contributed by atoms with van der Waals surface area (Å²) in [5, 5.41) is 0.809. The van der Waals surface area contributed by atoms with Gasteiger partial charge < -0.3 is 14.4 Å². The molecule has 1 aliphatic heterocycles. The lowest BCUT2D eigenvalue weighted by Gasteiger charge is -2.32. The number of hydrogen-bond acceptors (Lipinski definition) is 5. The highest BCUT2D eigenvalue weighted by Gasteiger charge is 2.20. The van der Waals surface area contributed by atoms with Gasteiger partial charge >= 0.3 is 0 Å². The molecule has 3 heterocycles. The second kappa shape index (κ2) is 9.95. The zero-order valence-electron chi connectivity index (χ0n) is 19.0. The average molecular weight is 476 g/mol. The van der Waals surface area contributed by atoms with Crippen LogP contribution in [0, 0.1) is 5.82 Å². The highest BCUT2D eigenvalue weighted by Crippen LogP contribution is 2.28. The number of thioether (sulfide) groups is 1. The van der Waals surface area contributed by atoms with Gasteiger partial charge in [-0.2, -0.15) is 0 Å². The second-order valence-electron chi connectivity index (χ2n) is 8.52. The Morgan fingerprint density at radius 3 is 2.56 bits per heavy atom. The molecule has 0 aliphatic carbocycles. The van der Waals surface area contributed by atoms with E-state index in [2.05, 4.69) is 21.5 Å². The number of pyridine rings is 1. The molecule has 1 saturated heterocycles. The standard InChI is InChI=1S/C26H26FN5OS/c1-30-12-14-31(15-13-30)25(33)20-8-6-19(7-9-20)17-32-24-16-28-11-10-23(24)29-26(32)34-18-21-4-2-3-5-22(21)27/h2-11,16H,12-15,17-18H2,1H3. The predicted octanol–water partition coefficient (Wildman–Crippen LogP) is 4.30. The van der Waals surface area contributed by atoms with E-state index in [-0.39, 0.29) is 11.7 Å². The number of halogens is 1. The molecule has 1 aliphatic rings. The molecule has 34 heavy (non-hydrogen) atoms. The normalized spacial score (nSPS) is 14.6. The Bertz CT molecular complexity index is 1300. The van der Waals surface area contributed by atoms with Gasteiger partial charge in [-0.15, -0.1) is 0 Å². The van der Waals surface area contributed by atoms with Crippen molar-refractivity contribution in [3.05, 3.63) is 89.5 Å². The number of rotatable bonds is 6. The maximum atomic E-state index is 14.1. The number of imidazole rings is 1. The van der Waals surface area contributed by atoms with Crippen LogP contribution in [0.25, 0.3) is 11.0 Å². The van der Waals surface area contributed by atoms with E-state index in [1.165, 1.54) is 17.8 Å². The van der Waals surface area contributed by atoms with Crippen LogP contribution >= 0.6 is 11.8 Å². The molecule has 0 atom stereocenters. The minimum atomic E-state index is -0.208. The largest absolute Gasteiger partial charge is 0.336 e. The molecule has 0 bridgehead atoms. The van der Waals surface area contributed by atoms with E-state index in [4.69, 9.17) is 4.98 Å². The second-order valence-corrected chi connectivity index (χ2v) is 9.46. The van der Waals surface area contributed by atoms with Crippen molar-refractivity contribution < 1.29 is 9.18 Å². The fourth-order valence-electron chi connectivity index (χ4n) is 4.10. The molecule has 5 rings (SSSR count). The molecular weight excluding hydrogens is 449 g/mol. The molecule has 0 N–H and O–H groups in total. The molecule has 4 aromatic rings. The van der Waals surface area contributed by atoms with Crippen molar-refractivity contribution in [3.63, 3.8) is 0 Å². The van der Waals surface area contributed by atoms with Crippen molar-refractivity contribution in [2.24, 2.45) is 0 Å². The summed E-state index contributed by atoms with van der Waals surface area (Å²) in [4.78, 5) is 26.1. The maximum absolute atomic E-state index is 14.1. The van der Waals surface area contributed by atoms with Gasteiger partial charge in [0.2, 0.25) is 0 Å². The number of carbonyl (C=O) groups is 1. The summed E-state index contributed by atoms with van der Waals surface area (Å²) in [5.74, 6) is 0.361. The number of fused-ring (bicyclic) bond motifs is 1. The van der Waals surface area contributed by atoms with Crippen LogP contribution in [0.4, 0.5) is 4.39 Å². The number of aromatic nitrogens is 3. The van der Waals surface area contributed by atoms with E-state index in [0.717, 1.165) is 47.9 Å². The summed E-state index contributed by atoms with van der Waals surface area (Å²) in [6.07, 6.45) is 3.53. The van der Waals surface area contributed by atoms with E-state index >= 15 is 0 Å². The lowest BCUT2D eigenvalue weighted by atomic mass is 10.1. The number of hydrogen-bond donors (Lipinski definition) is 0. The first-order valence-electron chi connectivity index (χ1n) is 11.3. The van der Waals surface area contributed by atoms with Crippen molar-refractivity contribution in [1.82, 2.24) is 24.3 Å². The first kappa shape index (κ1) is 22.6. The summed E-state index contributed by atoms with van der Waals surface area (Å²) < 4.78 is 16.2. The van der Waals surface area contributed by atoms with Crippen molar-refractivity contribution in [1.29, 1.82) is 0 Å². The maximum Gasteiger partial charge on any atom is 0.253 e. The van der Waals surface area contributed by atoms with Gasteiger partial charge in [-0.3, -0.25) is 9.78 Å². The Labute approximate surface area is 202 Å². The third kappa shape index (κ3) is 4.83. The Morgan fingerprint density at radius 2 is 1.79 bits per heavy atom. The number of piperazine rings is 1. The Morgan fingerprint density at radius 1 is 1.03 bits per heavy atom. The first-order chi connectivity index (χ1) is 16.6. The fourth-order valence-corrected chi connectivity index (χ4v) is 5.10. The monoisotopic (exact) mass is 475 g/mol. The minimum Gasteiger partial charge on any atom is -0.336 e. The average Bonchev–Trinajstić information content (AvgIpc) is 3.21. The third-order valence-corrected chi connectivity index (χ3v) is 7.19. The van der Waals surface area contributed by atoms with Crippen LogP contribution in [-0.4, -0.2) is 63.5 Å². The molecule has 1 amide bonds. The predicted molar refractivity (Wildman–Crippen MR) is 132 cm³/mol. The smallest absolute Gasteiger partial charge is 0.253 e. The topological polar surface area (TPSA) is 54.3 Å². The van der Waals surface area contributed by atoms with Crippen LogP contribution in [0.15, 0.2) is 72.1 Å². The highest BCUT2D eigenvalue weighted by molar-refractivity contribution is 7.98. The van der Waals surface area contributed by atoms with Gasteiger partial charge in [-0.1, -0.05) is 42.1 Å². The van der Waals surface area contributed by atoms with Crippen molar-refractivity contribution in [2.45, 2.75) is 17.5 Å². The summed E-state index contributed by atoms with van der Waals surface area (Å²) in [6, 6.07) is 16.5. The molecule has 0 unspecified atom stereocenters. The quantitative estimate of drug-likeness (QED) is 0.389. The first-order valence-corrected chi connectivity index (χ1v) is 12.3. The van der Waals surface area contributed by atoms with Crippen molar-refractivity contribution >= 4 is 28.7 Å². The summed E-state index contributed by atoms with van der Waals surface area (Å²) in [6.45, 7) is 3.91. The molecule has 2 aromatic carbocycles. The van der Waals surface area contributed by atoms with E-state index in [1.54, 1.807) is 24.5 Å². The lowest BCUT2D eigenvalue weighted by Crippen LogP contribution is -2.47. The number of benzene rings is 2. The minimum absolute atomic E-state index is 0.0815. The number of amides is 1. The Hall–Kier alpha value is -3.23. The molecule has 0 saturated carbocycles. The number of carbonyl (C=O) groups excluding carboxylic acids is 1. The van der Waals surface area contributed by atoms with Gasteiger partial charge in [0.15, 0.2) is 5.16 Å². The number of nitrogens with zero attached hydrogens (tertiary/aromatic N) is 5.